The van der Waals surface area contributed by atoms with Gasteiger partial charge in [-0.3, -0.25) is 4.79 Å². The second-order valence-electron chi connectivity index (χ2n) is 5.23. The lowest BCUT2D eigenvalue weighted by molar-refractivity contribution is -0.145. The number of rotatable bonds is 5. The maximum absolute atomic E-state index is 11.8. The molecule has 25 heavy (non-hydrogen) atoms. The average molecular weight is 677 g/mol. The van der Waals surface area contributed by atoms with Crippen molar-refractivity contribution in [2.75, 3.05) is 5.32 Å². The Bertz CT molecular complexity index is 839. The first-order valence-corrected chi connectivity index (χ1v) is 10.4. The number of aliphatic carboxylic acids is 1. The van der Waals surface area contributed by atoms with E-state index in [2.05, 4.69) is 73.1 Å². The molecular weight excluding hydrogens is 663 g/mol. The van der Waals surface area contributed by atoms with Gasteiger partial charge in [-0.1, -0.05) is 24.3 Å². The first kappa shape index (κ1) is 20.7. The molecule has 8 heteroatoms. The Labute approximate surface area is 186 Å². The molecule has 1 unspecified atom stereocenters. The van der Waals surface area contributed by atoms with Gasteiger partial charge in [-0.05, 0) is 86.3 Å². The minimum atomic E-state index is -1.13. The zero-order chi connectivity index (χ0) is 18.7. The number of amides is 1. The van der Waals surface area contributed by atoms with Crippen LogP contribution in [0, 0.1) is 17.6 Å². The molecule has 1 amide bonds. The summed E-state index contributed by atoms with van der Waals surface area (Å²) in [4.78, 5) is 23.3. The molecule has 0 aliphatic rings. The molecule has 0 fully saturated rings. The van der Waals surface area contributed by atoms with Crippen LogP contribution in [-0.4, -0.2) is 17.0 Å². The number of carboxylic acids is 1. The molecule has 0 saturated heterocycles. The van der Waals surface area contributed by atoms with Gasteiger partial charge in [0.15, 0.2) is 0 Å². The molecule has 0 aliphatic carbocycles. The summed E-state index contributed by atoms with van der Waals surface area (Å²) in [5.41, 5.74) is 2.06. The van der Waals surface area contributed by atoms with Crippen molar-refractivity contribution in [1.82, 2.24) is 0 Å². The maximum atomic E-state index is 11.8. The number of hydrogen-bond acceptors (Lipinski definition) is 3. The smallest absolute Gasteiger partial charge is 0.349 e. The number of anilines is 1. The third-order valence-electron chi connectivity index (χ3n) is 3.36. The lowest BCUT2D eigenvalue weighted by Crippen LogP contribution is -2.20. The first-order chi connectivity index (χ1) is 11.7. The Morgan fingerprint density at radius 1 is 1.16 bits per heavy atom. The van der Waals surface area contributed by atoms with Crippen LogP contribution in [0.2, 0.25) is 0 Å². The Morgan fingerprint density at radius 2 is 1.80 bits per heavy atom. The van der Waals surface area contributed by atoms with Gasteiger partial charge in [0.05, 0.1) is 12.8 Å². The van der Waals surface area contributed by atoms with Crippen LogP contribution in [0.25, 0.3) is 0 Å². The molecule has 0 heterocycles. The van der Waals surface area contributed by atoms with Crippen LogP contribution >= 0.6 is 67.8 Å². The van der Waals surface area contributed by atoms with E-state index in [0.29, 0.717) is 20.6 Å². The van der Waals surface area contributed by atoms with Crippen molar-refractivity contribution >= 4 is 85.3 Å². The molecule has 1 atom stereocenters. The number of aryl methyl sites for hydroxylation is 1. The molecule has 0 bridgehead atoms. The highest BCUT2D eigenvalue weighted by Gasteiger charge is 2.27. The SMILES string of the molecule is CC(=O)Nc1c(I)cc(I)c(OC(C(=O)O)c2ccccc2C)c1I. The number of ether oxygens (including phenoxy) is 1. The number of carboxylic acid groups (broad SMARTS) is 1. The number of benzene rings is 2. The van der Waals surface area contributed by atoms with Crippen molar-refractivity contribution in [1.29, 1.82) is 0 Å². The predicted octanol–water partition coefficient (Wildman–Crippen LogP) is 4.97. The Kier molecular flexibility index (Phi) is 7.31. The fraction of sp³-hybridized carbons (Fsp3) is 0.176. The summed E-state index contributed by atoms with van der Waals surface area (Å²) in [7, 11) is 0. The van der Waals surface area contributed by atoms with E-state index in [1.807, 2.05) is 25.1 Å². The summed E-state index contributed by atoms with van der Waals surface area (Å²) in [6.07, 6.45) is -1.13. The fourth-order valence-electron chi connectivity index (χ4n) is 2.22. The molecule has 0 radical (unpaired) electrons. The van der Waals surface area contributed by atoms with Gasteiger partial charge in [-0.15, -0.1) is 0 Å². The lowest BCUT2D eigenvalue weighted by Gasteiger charge is -2.21. The molecule has 0 aromatic heterocycles. The predicted molar refractivity (Wildman–Crippen MR) is 121 cm³/mol. The molecule has 0 spiro atoms. The van der Waals surface area contributed by atoms with E-state index < -0.39 is 12.1 Å². The van der Waals surface area contributed by atoms with Crippen LogP contribution in [0.3, 0.4) is 0 Å². The minimum absolute atomic E-state index is 0.198. The molecule has 132 valence electrons. The van der Waals surface area contributed by atoms with Gasteiger partial charge in [0.1, 0.15) is 5.75 Å². The fourth-order valence-corrected chi connectivity index (χ4v) is 6.11. The zero-order valence-electron chi connectivity index (χ0n) is 13.3. The lowest BCUT2D eigenvalue weighted by atomic mass is 10.0. The third-order valence-corrected chi connectivity index (χ3v) is 6.04. The van der Waals surface area contributed by atoms with Crippen molar-refractivity contribution in [2.45, 2.75) is 20.0 Å². The standard InChI is InChI=1S/C17H14I3NO4/c1-8-5-3-4-6-10(8)15(17(23)24)25-16-12(19)7-11(18)14(13(16)20)21-9(2)22/h3-7,15H,1-2H3,(H,21,22)(H,23,24). The number of halogens is 3. The van der Waals surface area contributed by atoms with Crippen LogP contribution in [0.1, 0.15) is 24.2 Å². The van der Waals surface area contributed by atoms with Crippen molar-refractivity contribution in [2.24, 2.45) is 0 Å². The highest BCUT2D eigenvalue weighted by atomic mass is 127. The van der Waals surface area contributed by atoms with Gasteiger partial charge >= 0.3 is 5.97 Å². The zero-order valence-corrected chi connectivity index (χ0v) is 19.7. The van der Waals surface area contributed by atoms with Gasteiger partial charge in [0, 0.05) is 16.1 Å². The molecule has 2 aromatic rings. The Morgan fingerprint density at radius 3 is 2.36 bits per heavy atom. The van der Waals surface area contributed by atoms with Gasteiger partial charge < -0.3 is 15.2 Å². The molecule has 2 aromatic carbocycles. The number of nitrogens with one attached hydrogen (secondary N) is 1. The van der Waals surface area contributed by atoms with Crippen LogP contribution < -0.4 is 10.1 Å². The maximum Gasteiger partial charge on any atom is 0.349 e. The summed E-state index contributed by atoms with van der Waals surface area (Å²) in [5.74, 6) is -0.821. The van der Waals surface area contributed by atoms with Gasteiger partial charge in [-0.25, -0.2) is 4.79 Å². The first-order valence-electron chi connectivity index (χ1n) is 7.12. The largest absolute Gasteiger partial charge is 0.478 e. The molecule has 0 saturated carbocycles. The van der Waals surface area contributed by atoms with Crippen LogP contribution in [0.5, 0.6) is 5.75 Å². The van der Waals surface area contributed by atoms with Crippen molar-refractivity contribution < 1.29 is 19.4 Å². The van der Waals surface area contributed by atoms with E-state index in [1.54, 1.807) is 12.1 Å². The number of carbonyl (C=O) groups excluding carboxylic acids is 1. The second kappa shape index (κ2) is 8.84. The van der Waals surface area contributed by atoms with Crippen molar-refractivity contribution in [3.8, 4) is 5.75 Å². The van der Waals surface area contributed by atoms with E-state index in [0.717, 1.165) is 12.7 Å². The molecular formula is C17H14I3NO4. The highest BCUT2D eigenvalue weighted by molar-refractivity contribution is 14.1. The highest BCUT2D eigenvalue weighted by Crippen LogP contribution is 2.39. The normalized spacial score (nSPS) is 11.7. The summed E-state index contributed by atoms with van der Waals surface area (Å²) < 4.78 is 8.22. The van der Waals surface area contributed by atoms with E-state index in [4.69, 9.17) is 4.74 Å². The molecule has 2 N–H and O–H groups in total. The molecule has 2 rings (SSSR count). The molecule has 0 aliphatic heterocycles. The van der Waals surface area contributed by atoms with E-state index in [1.165, 1.54) is 6.92 Å². The van der Waals surface area contributed by atoms with E-state index >= 15 is 0 Å². The Hall–Kier alpha value is -0.630. The van der Waals surface area contributed by atoms with Gasteiger partial charge in [0.25, 0.3) is 0 Å². The van der Waals surface area contributed by atoms with Gasteiger partial charge in [-0.2, -0.15) is 0 Å². The minimum Gasteiger partial charge on any atom is -0.478 e. The van der Waals surface area contributed by atoms with Crippen LogP contribution in [0.15, 0.2) is 30.3 Å². The number of hydrogen-bond donors (Lipinski definition) is 2. The summed E-state index contributed by atoms with van der Waals surface area (Å²) in [6.45, 7) is 3.28. The average Bonchev–Trinajstić information content (AvgIpc) is 2.52. The monoisotopic (exact) mass is 677 g/mol. The van der Waals surface area contributed by atoms with Crippen molar-refractivity contribution in [3.63, 3.8) is 0 Å². The second-order valence-corrected chi connectivity index (χ2v) is 8.64. The van der Waals surface area contributed by atoms with Crippen LogP contribution in [0.4, 0.5) is 5.69 Å². The van der Waals surface area contributed by atoms with E-state index in [-0.39, 0.29) is 5.91 Å². The topological polar surface area (TPSA) is 75.6 Å². The summed E-state index contributed by atoms with van der Waals surface area (Å²) in [6, 6.07) is 9.08. The Balaban J connectivity index is 2.52. The molecule has 5 nitrogen and oxygen atoms in total. The summed E-state index contributed by atoms with van der Waals surface area (Å²) >= 11 is 6.30. The van der Waals surface area contributed by atoms with Crippen LogP contribution in [-0.2, 0) is 9.59 Å². The van der Waals surface area contributed by atoms with Gasteiger partial charge in [0.2, 0.25) is 12.0 Å². The third kappa shape index (κ3) is 4.96. The summed E-state index contributed by atoms with van der Waals surface area (Å²) in [5, 5.41) is 12.4. The quantitative estimate of drug-likeness (QED) is 0.439. The number of carbonyl (C=O) groups is 2. The van der Waals surface area contributed by atoms with Crippen molar-refractivity contribution in [3.05, 3.63) is 52.2 Å². The van der Waals surface area contributed by atoms with E-state index in [9.17, 15) is 14.7 Å².